The number of hydrogen-bond donors (Lipinski definition) is 0. The Bertz CT molecular complexity index is 1040. The van der Waals surface area contributed by atoms with E-state index in [0.29, 0.717) is 24.5 Å². The van der Waals surface area contributed by atoms with E-state index in [0.717, 1.165) is 46.0 Å². The molecule has 1 aromatic carbocycles. The Kier molecular flexibility index (Phi) is 4.97. The van der Waals surface area contributed by atoms with Gasteiger partial charge in [0.2, 0.25) is 5.91 Å². The molecule has 0 N–H and O–H groups in total. The van der Waals surface area contributed by atoms with Crippen LogP contribution in [0.25, 0.3) is 17.0 Å². The van der Waals surface area contributed by atoms with Crippen LogP contribution in [0.5, 0.6) is 0 Å². The lowest BCUT2D eigenvalue weighted by Crippen LogP contribution is -2.40. The summed E-state index contributed by atoms with van der Waals surface area (Å²) in [6.45, 7) is 1.61. The van der Waals surface area contributed by atoms with E-state index >= 15 is 0 Å². The molecule has 2 fully saturated rings. The summed E-state index contributed by atoms with van der Waals surface area (Å²) in [4.78, 5) is 40.5. The number of amides is 3. The number of carbonyl (C=O) groups is 3. The highest BCUT2D eigenvalue weighted by Gasteiger charge is 2.37. The third-order valence-corrected chi connectivity index (χ3v) is 5.90. The van der Waals surface area contributed by atoms with Crippen LogP contribution >= 0.6 is 11.8 Å². The first-order chi connectivity index (χ1) is 13.6. The first-order valence-corrected chi connectivity index (χ1v) is 9.94. The van der Waals surface area contributed by atoms with Gasteiger partial charge in [-0.05, 0) is 36.7 Å². The Morgan fingerprint density at radius 2 is 1.96 bits per heavy atom. The quantitative estimate of drug-likeness (QED) is 0.592. The van der Waals surface area contributed by atoms with Gasteiger partial charge in [-0.15, -0.1) is 6.42 Å². The summed E-state index contributed by atoms with van der Waals surface area (Å²) in [5.41, 5.74) is 1.79. The maximum absolute atomic E-state index is 12.7. The molecule has 2 aliphatic rings. The normalized spacial score (nSPS) is 18.5. The highest BCUT2D eigenvalue weighted by atomic mass is 32.2. The fraction of sp³-hybridized carbons (Fsp3) is 0.286. The van der Waals surface area contributed by atoms with Crippen LogP contribution in [0, 0.1) is 12.3 Å². The topological polar surface area (TPSA) is 62.6 Å². The standard InChI is InChI=1S/C21H19N3O3S/c1-2-9-23-13-15(16-7-3-4-8-17(16)23)12-18-20(26)24(21(27)28-18)14-19(25)22-10-5-6-11-22/h1,3-4,7-8,12-13H,5-6,9-11,14H2/b18-12+. The zero-order valence-corrected chi connectivity index (χ0v) is 16.1. The molecule has 7 heteroatoms. The van der Waals surface area contributed by atoms with Crippen LogP contribution < -0.4 is 0 Å². The molecule has 3 amide bonds. The molecule has 0 radical (unpaired) electrons. The molecule has 2 aromatic rings. The second-order valence-electron chi connectivity index (χ2n) is 6.79. The van der Waals surface area contributed by atoms with Crippen molar-refractivity contribution >= 4 is 45.8 Å². The molecule has 28 heavy (non-hydrogen) atoms. The molecule has 0 unspecified atom stereocenters. The molecule has 3 heterocycles. The van der Waals surface area contributed by atoms with Crippen molar-refractivity contribution in [2.24, 2.45) is 0 Å². The van der Waals surface area contributed by atoms with E-state index < -0.39 is 11.1 Å². The van der Waals surface area contributed by atoms with Crippen LogP contribution in [0.15, 0.2) is 35.4 Å². The van der Waals surface area contributed by atoms with Gasteiger partial charge in [0.1, 0.15) is 6.54 Å². The minimum absolute atomic E-state index is 0.174. The third-order valence-electron chi connectivity index (χ3n) is 4.99. The average Bonchev–Trinajstić information content (AvgIpc) is 3.39. The van der Waals surface area contributed by atoms with Gasteiger partial charge in [-0.1, -0.05) is 24.1 Å². The van der Waals surface area contributed by atoms with Crippen molar-refractivity contribution in [3.63, 3.8) is 0 Å². The summed E-state index contributed by atoms with van der Waals surface area (Å²) < 4.78 is 1.93. The number of likely N-dealkylation sites (tertiary alicyclic amines) is 1. The summed E-state index contributed by atoms with van der Waals surface area (Å²) in [5, 5.41) is 0.550. The fourth-order valence-corrected chi connectivity index (χ4v) is 4.43. The van der Waals surface area contributed by atoms with Gasteiger partial charge in [0.05, 0.1) is 11.4 Å². The van der Waals surface area contributed by atoms with E-state index in [1.807, 2.05) is 35.0 Å². The van der Waals surface area contributed by atoms with Crippen LogP contribution in [0.1, 0.15) is 18.4 Å². The van der Waals surface area contributed by atoms with Crippen LogP contribution in [0.4, 0.5) is 4.79 Å². The Morgan fingerprint density at radius 1 is 1.21 bits per heavy atom. The molecular formula is C21H19N3O3S. The van der Waals surface area contributed by atoms with Crippen LogP contribution in [-0.4, -0.2) is 51.1 Å². The van der Waals surface area contributed by atoms with E-state index in [4.69, 9.17) is 6.42 Å². The molecule has 0 atom stereocenters. The predicted molar refractivity (Wildman–Crippen MR) is 109 cm³/mol. The Labute approximate surface area is 167 Å². The highest BCUT2D eigenvalue weighted by Crippen LogP contribution is 2.34. The summed E-state index contributed by atoms with van der Waals surface area (Å²) in [6, 6.07) is 7.76. The van der Waals surface area contributed by atoms with Crippen molar-refractivity contribution < 1.29 is 14.4 Å². The van der Waals surface area contributed by atoms with Crippen molar-refractivity contribution in [1.82, 2.24) is 14.4 Å². The Balaban J connectivity index is 1.60. The first kappa shape index (κ1) is 18.4. The molecule has 0 bridgehead atoms. The van der Waals surface area contributed by atoms with Gasteiger partial charge < -0.3 is 9.47 Å². The Hall–Kier alpha value is -2.98. The zero-order chi connectivity index (χ0) is 19.7. The van der Waals surface area contributed by atoms with E-state index in [9.17, 15) is 14.4 Å². The summed E-state index contributed by atoms with van der Waals surface area (Å²) in [6.07, 6.45) is 11.0. The summed E-state index contributed by atoms with van der Waals surface area (Å²) in [5.74, 6) is 2.03. The lowest BCUT2D eigenvalue weighted by Gasteiger charge is -2.18. The minimum Gasteiger partial charge on any atom is -0.341 e. The van der Waals surface area contributed by atoms with Gasteiger partial charge in [0, 0.05) is 35.8 Å². The van der Waals surface area contributed by atoms with Gasteiger partial charge in [-0.2, -0.15) is 0 Å². The number of fused-ring (bicyclic) bond motifs is 1. The van der Waals surface area contributed by atoms with Crippen molar-refractivity contribution in [3.8, 4) is 12.3 Å². The molecule has 4 rings (SSSR count). The van der Waals surface area contributed by atoms with Crippen molar-refractivity contribution in [3.05, 3.63) is 40.9 Å². The Morgan fingerprint density at radius 3 is 2.71 bits per heavy atom. The van der Waals surface area contributed by atoms with Gasteiger partial charge >= 0.3 is 0 Å². The number of terminal acetylenes is 1. The van der Waals surface area contributed by atoms with Crippen molar-refractivity contribution in [2.45, 2.75) is 19.4 Å². The zero-order valence-electron chi connectivity index (χ0n) is 15.3. The van der Waals surface area contributed by atoms with E-state index in [-0.39, 0.29) is 12.5 Å². The van der Waals surface area contributed by atoms with E-state index in [1.54, 1.807) is 11.0 Å². The molecule has 2 aliphatic heterocycles. The number of nitrogens with zero attached hydrogens (tertiary/aromatic N) is 3. The molecule has 1 aromatic heterocycles. The lowest BCUT2D eigenvalue weighted by molar-refractivity contribution is -0.135. The summed E-state index contributed by atoms with van der Waals surface area (Å²) >= 11 is 0.871. The second-order valence-corrected chi connectivity index (χ2v) is 7.78. The van der Waals surface area contributed by atoms with Gasteiger partial charge in [0.25, 0.3) is 11.1 Å². The number of aromatic nitrogens is 1. The number of carbonyl (C=O) groups excluding carboxylic acids is 3. The maximum Gasteiger partial charge on any atom is 0.294 e. The maximum atomic E-state index is 12.7. The van der Waals surface area contributed by atoms with Crippen LogP contribution in [0.3, 0.4) is 0 Å². The summed E-state index contributed by atoms with van der Waals surface area (Å²) in [7, 11) is 0. The molecule has 0 spiro atoms. The number of rotatable bonds is 4. The molecular weight excluding hydrogens is 374 g/mol. The average molecular weight is 393 g/mol. The number of imide groups is 1. The van der Waals surface area contributed by atoms with Gasteiger partial charge in [-0.25, -0.2) is 0 Å². The monoisotopic (exact) mass is 393 g/mol. The SMILES string of the molecule is C#CCn1cc(/C=C2/SC(=O)N(CC(=O)N3CCCC3)C2=O)c2ccccc21. The molecule has 2 saturated heterocycles. The number of para-hydroxylation sites is 1. The molecule has 6 nitrogen and oxygen atoms in total. The molecule has 142 valence electrons. The smallest absolute Gasteiger partial charge is 0.294 e. The van der Waals surface area contributed by atoms with Crippen LogP contribution in [0.2, 0.25) is 0 Å². The van der Waals surface area contributed by atoms with Gasteiger partial charge in [-0.3, -0.25) is 19.3 Å². The van der Waals surface area contributed by atoms with Crippen molar-refractivity contribution in [2.75, 3.05) is 19.6 Å². The molecule has 0 saturated carbocycles. The number of benzene rings is 1. The van der Waals surface area contributed by atoms with Gasteiger partial charge in [0.15, 0.2) is 0 Å². The molecule has 0 aliphatic carbocycles. The lowest BCUT2D eigenvalue weighted by atomic mass is 10.1. The third kappa shape index (κ3) is 3.32. The number of thioether (sulfide) groups is 1. The van der Waals surface area contributed by atoms with Crippen LogP contribution in [-0.2, 0) is 16.1 Å². The largest absolute Gasteiger partial charge is 0.341 e. The number of hydrogen-bond acceptors (Lipinski definition) is 4. The predicted octanol–water partition coefficient (Wildman–Crippen LogP) is 2.93. The second kappa shape index (κ2) is 7.56. The van der Waals surface area contributed by atoms with E-state index in [1.165, 1.54) is 0 Å². The highest BCUT2D eigenvalue weighted by molar-refractivity contribution is 8.18. The fourth-order valence-electron chi connectivity index (χ4n) is 3.60. The van der Waals surface area contributed by atoms with E-state index in [2.05, 4.69) is 5.92 Å². The van der Waals surface area contributed by atoms with Crippen molar-refractivity contribution in [1.29, 1.82) is 0 Å². The first-order valence-electron chi connectivity index (χ1n) is 9.13. The minimum atomic E-state index is -0.420.